The zero-order valence-electron chi connectivity index (χ0n) is 12.2. The standard InChI is InChI=1S/C15H15ClN4O2/c1-3-22-14(21)12-9(2)20-15(17-8-18-20)19-13(12)10-4-6-11(16)7-5-10/h4-8,13H,3H2,1-2H3,(H,17,18,19). The first kappa shape index (κ1) is 14.6. The molecule has 6 nitrogen and oxygen atoms in total. The molecule has 0 fully saturated rings. The monoisotopic (exact) mass is 318 g/mol. The maximum atomic E-state index is 12.4. The van der Waals surface area contributed by atoms with Crippen molar-refractivity contribution < 1.29 is 9.53 Å². The molecule has 1 aliphatic heterocycles. The van der Waals surface area contributed by atoms with Crippen LogP contribution < -0.4 is 5.32 Å². The van der Waals surface area contributed by atoms with Crippen molar-refractivity contribution in [3.05, 3.63) is 46.8 Å². The van der Waals surface area contributed by atoms with Gasteiger partial charge in [-0.2, -0.15) is 10.1 Å². The van der Waals surface area contributed by atoms with Crippen molar-refractivity contribution in [2.45, 2.75) is 19.9 Å². The number of esters is 1. The van der Waals surface area contributed by atoms with Crippen LogP contribution in [0.1, 0.15) is 25.5 Å². The van der Waals surface area contributed by atoms with Gasteiger partial charge in [-0.1, -0.05) is 23.7 Å². The van der Waals surface area contributed by atoms with Crippen LogP contribution in [0.2, 0.25) is 5.02 Å². The third-order valence-electron chi connectivity index (χ3n) is 3.52. The van der Waals surface area contributed by atoms with E-state index in [1.54, 1.807) is 23.7 Å². The molecule has 0 aliphatic carbocycles. The van der Waals surface area contributed by atoms with E-state index in [1.807, 2.05) is 19.1 Å². The predicted octanol–water partition coefficient (Wildman–Crippen LogP) is 2.89. The molecule has 1 atom stereocenters. The molecular formula is C15H15ClN4O2. The Bertz CT molecular complexity index is 736. The lowest BCUT2D eigenvalue weighted by molar-refractivity contribution is -0.138. The average molecular weight is 319 g/mol. The number of fused-ring (bicyclic) bond motifs is 1. The molecule has 1 N–H and O–H groups in total. The smallest absolute Gasteiger partial charge is 0.338 e. The molecule has 114 valence electrons. The Labute approximate surface area is 132 Å². The van der Waals surface area contributed by atoms with Gasteiger partial charge in [0.25, 0.3) is 0 Å². The van der Waals surface area contributed by atoms with Crippen molar-refractivity contribution in [1.82, 2.24) is 14.8 Å². The Morgan fingerprint density at radius 2 is 2.14 bits per heavy atom. The summed E-state index contributed by atoms with van der Waals surface area (Å²) in [4.78, 5) is 16.6. The molecule has 0 bridgehead atoms. The molecule has 1 aromatic carbocycles. The highest BCUT2D eigenvalue weighted by atomic mass is 35.5. The lowest BCUT2D eigenvalue weighted by Gasteiger charge is -2.28. The number of allylic oxidation sites excluding steroid dienone is 1. The van der Waals surface area contributed by atoms with Crippen LogP contribution in [0.5, 0.6) is 0 Å². The third kappa shape index (κ3) is 2.46. The fourth-order valence-electron chi connectivity index (χ4n) is 2.49. The highest BCUT2D eigenvalue weighted by Gasteiger charge is 2.32. The number of carbonyl (C=O) groups excluding carboxylic acids is 1. The number of nitrogens with one attached hydrogen (secondary N) is 1. The van der Waals surface area contributed by atoms with Gasteiger partial charge in [-0.05, 0) is 31.5 Å². The van der Waals surface area contributed by atoms with Crippen molar-refractivity contribution in [3.63, 3.8) is 0 Å². The lowest BCUT2D eigenvalue weighted by atomic mass is 9.96. The third-order valence-corrected chi connectivity index (χ3v) is 3.77. The number of aromatic nitrogens is 3. The second kappa shape index (κ2) is 5.81. The number of carbonyl (C=O) groups is 1. The molecule has 2 heterocycles. The summed E-state index contributed by atoms with van der Waals surface area (Å²) >= 11 is 5.94. The van der Waals surface area contributed by atoms with Crippen LogP contribution in [0.25, 0.3) is 5.70 Å². The molecule has 22 heavy (non-hydrogen) atoms. The summed E-state index contributed by atoms with van der Waals surface area (Å²) in [7, 11) is 0. The van der Waals surface area contributed by atoms with Crippen LogP contribution in [0.4, 0.5) is 5.95 Å². The number of benzene rings is 1. The van der Waals surface area contributed by atoms with E-state index in [-0.39, 0.29) is 12.0 Å². The molecule has 1 aliphatic rings. The van der Waals surface area contributed by atoms with Crippen LogP contribution in [0.15, 0.2) is 36.2 Å². The van der Waals surface area contributed by atoms with Crippen LogP contribution >= 0.6 is 11.6 Å². The Balaban J connectivity index is 2.10. The largest absolute Gasteiger partial charge is 0.463 e. The maximum Gasteiger partial charge on any atom is 0.338 e. The predicted molar refractivity (Wildman–Crippen MR) is 83.4 cm³/mol. The number of hydrogen-bond donors (Lipinski definition) is 1. The number of halogens is 1. The minimum absolute atomic E-state index is 0.313. The first-order valence-electron chi connectivity index (χ1n) is 6.92. The molecule has 0 saturated carbocycles. The molecule has 1 unspecified atom stereocenters. The highest BCUT2D eigenvalue weighted by Crippen LogP contribution is 2.35. The number of nitrogens with zero attached hydrogens (tertiary/aromatic N) is 3. The minimum Gasteiger partial charge on any atom is -0.463 e. The Kier molecular flexibility index (Phi) is 3.85. The Morgan fingerprint density at radius 3 is 2.82 bits per heavy atom. The zero-order chi connectivity index (χ0) is 15.7. The highest BCUT2D eigenvalue weighted by molar-refractivity contribution is 6.30. The van der Waals surface area contributed by atoms with Gasteiger partial charge in [0.2, 0.25) is 5.95 Å². The van der Waals surface area contributed by atoms with Crippen LogP contribution in [0.3, 0.4) is 0 Å². The summed E-state index contributed by atoms with van der Waals surface area (Å²) in [5, 5.41) is 7.99. The molecule has 0 radical (unpaired) electrons. The SMILES string of the molecule is CCOC(=O)C1=C(C)n2ncnc2NC1c1ccc(Cl)cc1. The summed E-state index contributed by atoms with van der Waals surface area (Å²) in [6.07, 6.45) is 1.44. The van der Waals surface area contributed by atoms with Gasteiger partial charge in [-0.25, -0.2) is 9.48 Å². The molecule has 2 aromatic rings. The second-order valence-corrected chi connectivity index (χ2v) is 5.28. The van der Waals surface area contributed by atoms with Crippen molar-refractivity contribution in [2.75, 3.05) is 11.9 Å². The van der Waals surface area contributed by atoms with Crippen molar-refractivity contribution >= 4 is 29.2 Å². The lowest BCUT2D eigenvalue weighted by Crippen LogP contribution is -2.28. The number of anilines is 1. The van der Waals surface area contributed by atoms with Gasteiger partial charge in [0.15, 0.2) is 0 Å². The van der Waals surface area contributed by atoms with Gasteiger partial charge in [0, 0.05) is 5.02 Å². The van der Waals surface area contributed by atoms with Gasteiger partial charge >= 0.3 is 5.97 Å². The van der Waals surface area contributed by atoms with Crippen LogP contribution in [-0.2, 0) is 9.53 Å². The normalized spacial score (nSPS) is 17.0. The van der Waals surface area contributed by atoms with Gasteiger partial charge in [0.05, 0.1) is 23.9 Å². The van der Waals surface area contributed by atoms with E-state index in [2.05, 4.69) is 15.4 Å². The van der Waals surface area contributed by atoms with Crippen LogP contribution in [0, 0.1) is 0 Å². The van der Waals surface area contributed by atoms with Gasteiger partial charge < -0.3 is 10.1 Å². The van der Waals surface area contributed by atoms with E-state index in [0.717, 1.165) is 5.56 Å². The molecule has 1 aromatic heterocycles. The molecule has 0 spiro atoms. The first-order valence-corrected chi connectivity index (χ1v) is 7.30. The average Bonchev–Trinajstić information content (AvgIpc) is 2.97. The van der Waals surface area contributed by atoms with Crippen molar-refractivity contribution in [3.8, 4) is 0 Å². The Morgan fingerprint density at radius 1 is 1.41 bits per heavy atom. The van der Waals surface area contributed by atoms with E-state index >= 15 is 0 Å². The van der Waals surface area contributed by atoms with Gasteiger partial charge in [0.1, 0.15) is 6.33 Å². The minimum atomic E-state index is -0.367. The molecular weight excluding hydrogens is 304 g/mol. The molecule has 0 amide bonds. The van der Waals surface area contributed by atoms with E-state index in [9.17, 15) is 4.79 Å². The molecule has 3 rings (SSSR count). The number of ether oxygens (including phenoxy) is 1. The summed E-state index contributed by atoms with van der Waals surface area (Å²) in [5.41, 5.74) is 2.12. The van der Waals surface area contributed by atoms with E-state index in [0.29, 0.717) is 28.8 Å². The topological polar surface area (TPSA) is 69.0 Å². The summed E-state index contributed by atoms with van der Waals surface area (Å²) in [6.45, 7) is 3.92. The first-order chi connectivity index (χ1) is 10.6. The molecule has 7 heteroatoms. The Hall–Kier alpha value is -2.34. The maximum absolute atomic E-state index is 12.4. The fraction of sp³-hybridized carbons (Fsp3) is 0.267. The fourth-order valence-corrected chi connectivity index (χ4v) is 2.62. The quantitative estimate of drug-likeness (QED) is 0.881. The summed E-state index contributed by atoms with van der Waals surface area (Å²) < 4.78 is 6.79. The number of rotatable bonds is 3. The van der Waals surface area contributed by atoms with Crippen LogP contribution in [-0.4, -0.2) is 27.3 Å². The zero-order valence-corrected chi connectivity index (χ0v) is 13.0. The molecule has 0 saturated heterocycles. The summed E-state index contributed by atoms with van der Waals surface area (Å²) in [5.74, 6) is 0.221. The van der Waals surface area contributed by atoms with Gasteiger partial charge in [-0.3, -0.25) is 0 Å². The van der Waals surface area contributed by atoms with E-state index in [1.165, 1.54) is 6.33 Å². The van der Waals surface area contributed by atoms with E-state index in [4.69, 9.17) is 16.3 Å². The summed E-state index contributed by atoms with van der Waals surface area (Å²) in [6, 6.07) is 6.97. The number of hydrogen-bond acceptors (Lipinski definition) is 5. The van der Waals surface area contributed by atoms with E-state index < -0.39 is 0 Å². The van der Waals surface area contributed by atoms with Crippen molar-refractivity contribution in [2.24, 2.45) is 0 Å². The van der Waals surface area contributed by atoms with Crippen molar-refractivity contribution in [1.29, 1.82) is 0 Å². The second-order valence-electron chi connectivity index (χ2n) is 4.84. The van der Waals surface area contributed by atoms with Gasteiger partial charge in [-0.15, -0.1) is 0 Å².